The van der Waals surface area contributed by atoms with Gasteiger partial charge in [-0.3, -0.25) is 0 Å². The Balaban J connectivity index is 2.30. The Morgan fingerprint density at radius 2 is 1.94 bits per heavy atom. The summed E-state index contributed by atoms with van der Waals surface area (Å²) in [4.78, 5) is 4.52. The van der Waals surface area contributed by atoms with Gasteiger partial charge in [-0.25, -0.2) is 0 Å². The zero-order valence-corrected chi connectivity index (χ0v) is 10.4. The standard InChI is InChI=1S/C13H16N4/c1-9(2)17-8-16(3)13-12(17)10-6-4-5-7-11(10)14-15-13/h4-7,9H,8H2,1-3H3. The van der Waals surface area contributed by atoms with Crippen molar-refractivity contribution in [1.29, 1.82) is 0 Å². The van der Waals surface area contributed by atoms with Gasteiger partial charge in [-0.2, -0.15) is 0 Å². The molecule has 0 spiro atoms. The number of benzene rings is 1. The zero-order chi connectivity index (χ0) is 12.0. The summed E-state index contributed by atoms with van der Waals surface area (Å²) in [6.07, 6.45) is 0. The Kier molecular flexibility index (Phi) is 2.18. The molecule has 2 aromatic rings. The smallest absolute Gasteiger partial charge is 0.176 e. The third-order valence-corrected chi connectivity index (χ3v) is 3.26. The van der Waals surface area contributed by atoms with E-state index < -0.39 is 0 Å². The first kappa shape index (κ1) is 10.3. The van der Waals surface area contributed by atoms with Gasteiger partial charge in [0.05, 0.1) is 17.9 Å². The summed E-state index contributed by atoms with van der Waals surface area (Å²) in [5.41, 5.74) is 2.18. The molecular formula is C13H16N4. The van der Waals surface area contributed by atoms with Crippen LogP contribution in [-0.2, 0) is 0 Å². The highest BCUT2D eigenvalue weighted by atomic mass is 15.4. The molecular weight excluding hydrogens is 212 g/mol. The molecule has 0 atom stereocenters. The van der Waals surface area contributed by atoms with Crippen molar-refractivity contribution < 1.29 is 0 Å². The van der Waals surface area contributed by atoms with Crippen LogP contribution in [0.4, 0.5) is 11.5 Å². The van der Waals surface area contributed by atoms with Crippen LogP contribution in [0.3, 0.4) is 0 Å². The van der Waals surface area contributed by atoms with E-state index in [1.165, 1.54) is 11.1 Å². The predicted molar refractivity (Wildman–Crippen MR) is 70.4 cm³/mol. The molecule has 3 rings (SSSR count). The summed E-state index contributed by atoms with van der Waals surface area (Å²) in [6.45, 7) is 5.30. The molecule has 0 unspecified atom stereocenters. The number of hydrogen-bond acceptors (Lipinski definition) is 4. The van der Waals surface area contributed by atoms with Crippen molar-refractivity contribution in [1.82, 2.24) is 10.2 Å². The van der Waals surface area contributed by atoms with Gasteiger partial charge in [-0.15, -0.1) is 10.2 Å². The summed E-state index contributed by atoms with van der Waals surface area (Å²) in [6, 6.07) is 8.66. The fourth-order valence-corrected chi connectivity index (χ4v) is 2.36. The number of rotatable bonds is 1. The Bertz CT molecular complexity index is 564. The molecule has 0 N–H and O–H groups in total. The van der Waals surface area contributed by atoms with Crippen LogP contribution >= 0.6 is 0 Å². The number of nitrogens with zero attached hydrogens (tertiary/aromatic N) is 4. The van der Waals surface area contributed by atoms with Crippen LogP contribution in [0.25, 0.3) is 10.9 Å². The molecule has 1 aromatic heterocycles. The average molecular weight is 228 g/mol. The van der Waals surface area contributed by atoms with Gasteiger partial charge in [0.15, 0.2) is 5.82 Å². The fourth-order valence-electron chi connectivity index (χ4n) is 2.36. The van der Waals surface area contributed by atoms with Gasteiger partial charge in [0, 0.05) is 18.5 Å². The third-order valence-electron chi connectivity index (χ3n) is 3.26. The Morgan fingerprint density at radius 1 is 1.18 bits per heavy atom. The minimum atomic E-state index is 0.464. The van der Waals surface area contributed by atoms with E-state index in [0.717, 1.165) is 18.0 Å². The van der Waals surface area contributed by atoms with E-state index >= 15 is 0 Å². The maximum Gasteiger partial charge on any atom is 0.176 e. The van der Waals surface area contributed by atoms with Gasteiger partial charge in [0.25, 0.3) is 0 Å². The molecule has 2 heterocycles. The predicted octanol–water partition coefficient (Wildman–Crippen LogP) is 2.25. The summed E-state index contributed by atoms with van der Waals surface area (Å²) < 4.78 is 0. The highest BCUT2D eigenvalue weighted by Gasteiger charge is 2.28. The van der Waals surface area contributed by atoms with Gasteiger partial charge in [0.1, 0.15) is 0 Å². The lowest BCUT2D eigenvalue weighted by Gasteiger charge is -2.24. The highest BCUT2D eigenvalue weighted by Crippen LogP contribution is 2.39. The van der Waals surface area contributed by atoms with E-state index in [9.17, 15) is 0 Å². The molecule has 17 heavy (non-hydrogen) atoms. The third kappa shape index (κ3) is 1.44. The summed E-state index contributed by atoms with van der Waals surface area (Å²) >= 11 is 0. The van der Waals surface area contributed by atoms with Crippen LogP contribution in [0.2, 0.25) is 0 Å². The Hall–Kier alpha value is -1.84. The van der Waals surface area contributed by atoms with Crippen LogP contribution < -0.4 is 9.80 Å². The Labute approximate surface area is 101 Å². The SMILES string of the molecule is CC(C)N1CN(C)c2nnc3ccccc3c21. The molecule has 4 nitrogen and oxygen atoms in total. The summed E-state index contributed by atoms with van der Waals surface area (Å²) in [5, 5.41) is 9.80. The summed E-state index contributed by atoms with van der Waals surface area (Å²) in [7, 11) is 2.06. The minimum absolute atomic E-state index is 0.464. The van der Waals surface area contributed by atoms with Crippen LogP contribution in [0.5, 0.6) is 0 Å². The Morgan fingerprint density at radius 3 is 2.71 bits per heavy atom. The fraction of sp³-hybridized carbons (Fsp3) is 0.385. The lowest BCUT2D eigenvalue weighted by Crippen LogP contribution is -2.33. The van der Waals surface area contributed by atoms with Crippen molar-refractivity contribution in [3.05, 3.63) is 24.3 Å². The quantitative estimate of drug-likeness (QED) is 0.749. The molecule has 88 valence electrons. The molecule has 0 amide bonds. The largest absolute Gasteiger partial charge is 0.348 e. The van der Waals surface area contributed by atoms with E-state index in [2.05, 4.69) is 53.0 Å². The van der Waals surface area contributed by atoms with E-state index in [1.54, 1.807) is 0 Å². The molecule has 0 bridgehead atoms. The van der Waals surface area contributed by atoms with E-state index in [4.69, 9.17) is 0 Å². The maximum atomic E-state index is 4.34. The van der Waals surface area contributed by atoms with Crippen LogP contribution in [0, 0.1) is 0 Å². The molecule has 1 aromatic carbocycles. The van der Waals surface area contributed by atoms with Crippen molar-refractivity contribution in [3.63, 3.8) is 0 Å². The number of fused-ring (bicyclic) bond motifs is 3. The molecule has 0 radical (unpaired) electrons. The molecule has 0 saturated carbocycles. The second kappa shape index (κ2) is 3.58. The van der Waals surface area contributed by atoms with Crippen LogP contribution in [-0.4, -0.2) is 30.0 Å². The van der Waals surface area contributed by atoms with Crippen LogP contribution in [0.1, 0.15) is 13.8 Å². The number of aromatic nitrogens is 2. The van der Waals surface area contributed by atoms with E-state index in [1.807, 2.05) is 12.1 Å². The monoisotopic (exact) mass is 228 g/mol. The van der Waals surface area contributed by atoms with Gasteiger partial charge in [-0.1, -0.05) is 18.2 Å². The maximum absolute atomic E-state index is 4.34. The van der Waals surface area contributed by atoms with Crippen molar-refractivity contribution in [2.24, 2.45) is 0 Å². The first-order chi connectivity index (χ1) is 8.18. The molecule has 4 heteroatoms. The number of anilines is 2. The van der Waals surface area contributed by atoms with Crippen molar-refractivity contribution in [2.45, 2.75) is 19.9 Å². The molecule has 0 fully saturated rings. The highest BCUT2D eigenvalue weighted by molar-refractivity contribution is 5.98. The van der Waals surface area contributed by atoms with Gasteiger partial charge >= 0.3 is 0 Å². The second-order valence-electron chi connectivity index (χ2n) is 4.79. The number of hydrogen-bond donors (Lipinski definition) is 0. The minimum Gasteiger partial charge on any atom is -0.348 e. The first-order valence-electron chi connectivity index (χ1n) is 5.91. The molecule has 1 aliphatic rings. The van der Waals surface area contributed by atoms with Crippen molar-refractivity contribution in [2.75, 3.05) is 23.5 Å². The summed E-state index contributed by atoms with van der Waals surface area (Å²) in [5.74, 6) is 0.984. The molecule has 1 aliphatic heterocycles. The average Bonchev–Trinajstić information content (AvgIpc) is 2.67. The molecule has 0 aliphatic carbocycles. The molecule has 0 saturated heterocycles. The first-order valence-corrected chi connectivity index (χ1v) is 5.91. The zero-order valence-electron chi connectivity index (χ0n) is 10.4. The van der Waals surface area contributed by atoms with Gasteiger partial charge in [0.2, 0.25) is 0 Å². The van der Waals surface area contributed by atoms with E-state index in [0.29, 0.717) is 6.04 Å². The van der Waals surface area contributed by atoms with Crippen molar-refractivity contribution in [3.8, 4) is 0 Å². The normalized spacial score (nSPS) is 14.8. The van der Waals surface area contributed by atoms with Gasteiger partial charge in [-0.05, 0) is 19.9 Å². The van der Waals surface area contributed by atoms with E-state index in [-0.39, 0.29) is 0 Å². The van der Waals surface area contributed by atoms with Crippen molar-refractivity contribution >= 4 is 22.4 Å². The lowest BCUT2D eigenvalue weighted by molar-refractivity contribution is 0.703. The van der Waals surface area contributed by atoms with Gasteiger partial charge < -0.3 is 9.80 Å². The van der Waals surface area contributed by atoms with Crippen LogP contribution in [0.15, 0.2) is 24.3 Å². The second-order valence-corrected chi connectivity index (χ2v) is 4.79. The lowest BCUT2D eigenvalue weighted by atomic mass is 10.2. The topological polar surface area (TPSA) is 32.3 Å².